The lowest BCUT2D eigenvalue weighted by atomic mass is 10.0. The summed E-state index contributed by atoms with van der Waals surface area (Å²) in [6, 6.07) is 24.2. The van der Waals surface area contributed by atoms with E-state index in [1.54, 1.807) is 36.4 Å². The van der Waals surface area contributed by atoms with Gasteiger partial charge >= 0.3 is 0 Å². The molecule has 0 aliphatic rings. The SMILES string of the molecule is O=C(Nc1ccc(F)cc1)[C@H](c1ccccc1)N(Cc1ccco1)C(=O)Cn1nnc2ccccc21. The minimum absolute atomic E-state index is 0.0505. The van der Waals surface area contributed by atoms with Gasteiger partial charge in [0.05, 0.1) is 18.3 Å². The molecule has 2 amide bonds. The predicted molar refractivity (Wildman–Crippen MR) is 131 cm³/mol. The Bertz CT molecular complexity index is 1470. The van der Waals surface area contributed by atoms with Crippen LogP contribution in [0.1, 0.15) is 17.4 Å². The molecule has 2 heterocycles. The van der Waals surface area contributed by atoms with Crippen molar-refractivity contribution in [3.63, 3.8) is 0 Å². The molecule has 5 aromatic rings. The summed E-state index contributed by atoms with van der Waals surface area (Å²) >= 11 is 0. The number of rotatable bonds is 8. The van der Waals surface area contributed by atoms with E-state index in [0.29, 0.717) is 28.0 Å². The van der Waals surface area contributed by atoms with E-state index < -0.39 is 17.8 Å². The van der Waals surface area contributed by atoms with Gasteiger partial charge in [0, 0.05) is 5.69 Å². The number of para-hydroxylation sites is 1. The van der Waals surface area contributed by atoms with Crippen LogP contribution in [0.3, 0.4) is 0 Å². The normalized spacial score (nSPS) is 11.8. The first-order chi connectivity index (χ1) is 17.6. The van der Waals surface area contributed by atoms with E-state index in [1.807, 2.05) is 30.3 Å². The quantitative estimate of drug-likeness (QED) is 0.349. The molecule has 8 nitrogen and oxygen atoms in total. The van der Waals surface area contributed by atoms with Crippen LogP contribution in [0.4, 0.5) is 10.1 Å². The third-order valence-electron chi connectivity index (χ3n) is 5.72. The molecule has 9 heteroatoms. The van der Waals surface area contributed by atoms with Crippen molar-refractivity contribution in [2.75, 3.05) is 5.32 Å². The maximum absolute atomic E-state index is 13.8. The van der Waals surface area contributed by atoms with Crippen molar-refractivity contribution in [1.29, 1.82) is 0 Å². The fourth-order valence-corrected chi connectivity index (χ4v) is 4.00. The van der Waals surface area contributed by atoms with Crippen LogP contribution in [0.25, 0.3) is 11.0 Å². The Morgan fingerprint density at radius 3 is 2.44 bits per heavy atom. The second-order valence-corrected chi connectivity index (χ2v) is 8.15. The van der Waals surface area contributed by atoms with Gasteiger partial charge in [0.2, 0.25) is 5.91 Å². The van der Waals surface area contributed by atoms with Crippen molar-refractivity contribution in [3.8, 4) is 0 Å². The van der Waals surface area contributed by atoms with Crippen LogP contribution >= 0.6 is 0 Å². The minimum Gasteiger partial charge on any atom is -0.467 e. The van der Waals surface area contributed by atoms with Crippen LogP contribution in [0.2, 0.25) is 0 Å². The molecule has 0 bridgehead atoms. The fourth-order valence-electron chi connectivity index (χ4n) is 4.00. The molecule has 5 rings (SSSR count). The number of halogens is 1. The van der Waals surface area contributed by atoms with Crippen LogP contribution < -0.4 is 5.32 Å². The van der Waals surface area contributed by atoms with Crippen LogP contribution in [-0.4, -0.2) is 31.7 Å². The van der Waals surface area contributed by atoms with Crippen LogP contribution in [-0.2, 0) is 22.7 Å². The Morgan fingerprint density at radius 1 is 0.944 bits per heavy atom. The first-order valence-corrected chi connectivity index (χ1v) is 11.3. The highest BCUT2D eigenvalue weighted by molar-refractivity contribution is 5.98. The highest BCUT2D eigenvalue weighted by atomic mass is 19.1. The number of nitrogens with one attached hydrogen (secondary N) is 1. The highest BCUT2D eigenvalue weighted by Gasteiger charge is 2.32. The Labute approximate surface area is 205 Å². The predicted octanol–water partition coefficient (Wildman–Crippen LogP) is 4.57. The first kappa shape index (κ1) is 23.0. The van der Waals surface area contributed by atoms with E-state index in [-0.39, 0.29) is 19.0 Å². The number of hydrogen-bond acceptors (Lipinski definition) is 5. The Morgan fingerprint density at radius 2 is 1.69 bits per heavy atom. The molecular weight excluding hydrogens is 461 g/mol. The van der Waals surface area contributed by atoms with E-state index in [4.69, 9.17) is 4.42 Å². The van der Waals surface area contributed by atoms with Gasteiger partial charge < -0.3 is 14.6 Å². The largest absolute Gasteiger partial charge is 0.467 e. The van der Waals surface area contributed by atoms with Gasteiger partial charge in [-0.1, -0.05) is 47.7 Å². The second-order valence-electron chi connectivity index (χ2n) is 8.15. The number of furan rings is 1. The molecule has 0 aliphatic heterocycles. The maximum atomic E-state index is 13.8. The van der Waals surface area contributed by atoms with Gasteiger partial charge in [0.15, 0.2) is 0 Å². The zero-order chi connectivity index (χ0) is 24.9. The fraction of sp³-hybridized carbons (Fsp3) is 0.111. The molecule has 180 valence electrons. The number of fused-ring (bicyclic) bond motifs is 1. The summed E-state index contributed by atoms with van der Waals surface area (Å²) < 4.78 is 20.4. The molecule has 0 radical (unpaired) electrons. The number of carbonyl (C=O) groups excluding carboxylic acids is 2. The van der Waals surface area contributed by atoms with Crippen molar-refractivity contribution in [2.24, 2.45) is 0 Å². The average molecular weight is 484 g/mol. The molecule has 36 heavy (non-hydrogen) atoms. The maximum Gasteiger partial charge on any atom is 0.251 e. The molecule has 0 aliphatic carbocycles. The number of hydrogen-bond donors (Lipinski definition) is 1. The van der Waals surface area contributed by atoms with Gasteiger partial charge in [0.25, 0.3) is 5.91 Å². The zero-order valence-corrected chi connectivity index (χ0v) is 19.1. The van der Waals surface area contributed by atoms with E-state index in [2.05, 4.69) is 15.6 Å². The van der Waals surface area contributed by atoms with E-state index in [0.717, 1.165) is 0 Å². The molecule has 0 saturated heterocycles. The topological polar surface area (TPSA) is 93.3 Å². The van der Waals surface area contributed by atoms with Crippen LogP contribution in [0.5, 0.6) is 0 Å². The van der Waals surface area contributed by atoms with Gasteiger partial charge in [-0.3, -0.25) is 9.59 Å². The van der Waals surface area contributed by atoms with Gasteiger partial charge in [-0.2, -0.15) is 0 Å². The lowest BCUT2D eigenvalue weighted by molar-refractivity contribution is -0.140. The van der Waals surface area contributed by atoms with E-state index >= 15 is 0 Å². The number of benzene rings is 3. The summed E-state index contributed by atoms with van der Waals surface area (Å²) in [6.45, 7) is -0.0801. The van der Waals surface area contributed by atoms with Crippen LogP contribution in [0, 0.1) is 5.82 Å². The Hall–Kier alpha value is -4.79. The molecule has 0 saturated carbocycles. The average Bonchev–Trinajstić information content (AvgIpc) is 3.56. The lowest BCUT2D eigenvalue weighted by Crippen LogP contribution is -2.42. The van der Waals surface area contributed by atoms with Crippen molar-refractivity contribution >= 4 is 28.5 Å². The lowest BCUT2D eigenvalue weighted by Gasteiger charge is -2.31. The molecule has 1 atom stereocenters. The van der Waals surface area contributed by atoms with Gasteiger partial charge in [0.1, 0.15) is 29.7 Å². The number of carbonyl (C=O) groups is 2. The van der Waals surface area contributed by atoms with Gasteiger partial charge in [-0.25, -0.2) is 9.07 Å². The molecule has 2 aromatic heterocycles. The summed E-state index contributed by atoms with van der Waals surface area (Å²) in [5, 5.41) is 11.1. The van der Waals surface area contributed by atoms with Crippen molar-refractivity contribution < 1.29 is 18.4 Å². The first-order valence-electron chi connectivity index (χ1n) is 11.3. The molecule has 0 unspecified atom stereocenters. The molecule has 0 fully saturated rings. The van der Waals surface area contributed by atoms with Gasteiger partial charge in [-0.05, 0) is 54.1 Å². The smallest absolute Gasteiger partial charge is 0.251 e. The number of amides is 2. The standard InChI is InChI=1S/C27H22FN5O3/c28-20-12-14-21(15-13-20)29-27(35)26(19-7-2-1-3-8-19)32(17-22-9-6-16-36-22)25(34)18-33-24-11-5-4-10-23(24)30-31-33/h1-16,26H,17-18H2,(H,29,35)/t26-/m0/s1. The zero-order valence-electron chi connectivity index (χ0n) is 19.1. The van der Waals surface area contributed by atoms with Crippen molar-refractivity contribution in [1.82, 2.24) is 19.9 Å². The number of anilines is 1. The molecular formula is C27H22FN5O3. The summed E-state index contributed by atoms with van der Waals surface area (Å²) in [7, 11) is 0. The molecule has 1 N–H and O–H groups in total. The Kier molecular flexibility index (Phi) is 6.53. The van der Waals surface area contributed by atoms with E-state index in [1.165, 1.54) is 40.1 Å². The molecule has 3 aromatic carbocycles. The van der Waals surface area contributed by atoms with Crippen molar-refractivity contribution in [3.05, 3.63) is 114 Å². The number of nitrogens with zero attached hydrogens (tertiary/aromatic N) is 4. The summed E-state index contributed by atoms with van der Waals surface area (Å²) in [6.07, 6.45) is 1.51. The summed E-state index contributed by atoms with van der Waals surface area (Å²) in [5.74, 6) is -0.703. The van der Waals surface area contributed by atoms with Crippen molar-refractivity contribution in [2.45, 2.75) is 19.1 Å². The summed E-state index contributed by atoms with van der Waals surface area (Å²) in [5.41, 5.74) is 2.39. The van der Waals surface area contributed by atoms with E-state index in [9.17, 15) is 14.0 Å². The van der Waals surface area contributed by atoms with Gasteiger partial charge in [-0.15, -0.1) is 5.10 Å². The molecule has 0 spiro atoms. The summed E-state index contributed by atoms with van der Waals surface area (Å²) in [4.78, 5) is 28.8. The van der Waals surface area contributed by atoms with Crippen LogP contribution in [0.15, 0.2) is 102 Å². The highest BCUT2D eigenvalue weighted by Crippen LogP contribution is 2.26. The number of aromatic nitrogens is 3. The minimum atomic E-state index is -0.997. The monoisotopic (exact) mass is 483 g/mol. The third-order valence-corrected chi connectivity index (χ3v) is 5.72. The Balaban J connectivity index is 1.51. The third kappa shape index (κ3) is 5.00. The second kappa shape index (κ2) is 10.2.